The normalized spacial score (nSPS) is 12.7. The lowest BCUT2D eigenvalue weighted by Gasteiger charge is -2.13. The summed E-state index contributed by atoms with van der Waals surface area (Å²) in [4.78, 5) is 0. The Kier molecular flexibility index (Phi) is 4.19. The first-order chi connectivity index (χ1) is 8.61. The van der Waals surface area contributed by atoms with E-state index in [1.807, 2.05) is 29.9 Å². The predicted octanol–water partition coefficient (Wildman–Crippen LogP) is 2.99. The molecule has 0 spiro atoms. The van der Waals surface area contributed by atoms with Crippen molar-refractivity contribution in [2.24, 2.45) is 12.8 Å². The summed E-state index contributed by atoms with van der Waals surface area (Å²) in [6.07, 6.45) is 1.75. The molecule has 18 heavy (non-hydrogen) atoms. The van der Waals surface area contributed by atoms with Crippen molar-refractivity contribution in [1.29, 1.82) is 0 Å². The van der Waals surface area contributed by atoms with E-state index >= 15 is 0 Å². The third kappa shape index (κ3) is 2.82. The Morgan fingerprint density at radius 1 is 1.39 bits per heavy atom. The lowest BCUT2D eigenvalue weighted by atomic mass is 10.0. The van der Waals surface area contributed by atoms with Gasteiger partial charge in [-0.25, -0.2) is 0 Å². The molecule has 0 saturated carbocycles. The summed E-state index contributed by atoms with van der Waals surface area (Å²) in [7, 11) is 1.95. The van der Waals surface area contributed by atoms with Crippen LogP contribution in [0, 0.1) is 0 Å². The summed E-state index contributed by atoms with van der Waals surface area (Å²) in [5.41, 5.74) is 9.69. The van der Waals surface area contributed by atoms with Crippen LogP contribution in [-0.2, 0) is 19.9 Å². The molecule has 1 unspecified atom stereocenters. The molecule has 96 valence electrons. The van der Waals surface area contributed by atoms with Gasteiger partial charge in [-0.05, 0) is 30.5 Å². The van der Waals surface area contributed by atoms with Crippen molar-refractivity contribution in [3.8, 4) is 0 Å². The number of hydrogen-bond acceptors (Lipinski definition) is 2. The molecule has 0 amide bonds. The fourth-order valence-electron chi connectivity index (χ4n) is 2.07. The van der Waals surface area contributed by atoms with Gasteiger partial charge in [0.1, 0.15) is 0 Å². The molecule has 2 aromatic rings. The Balaban J connectivity index is 2.19. The minimum atomic E-state index is -0.0264. The van der Waals surface area contributed by atoms with Crippen molar-refractivity contribution in [3.05, 3.63) is 51.8 Å². The topological polar surface area (TPSA) is 43.8 Å². The molecule has 0 aliphatic carbocycles. The molecule has 4 heteroatoms. The van der Waals surface area contributed by atoms with Crippen molar-refractivity contribution in [3.63, 3.8) is 0 Å². The second-order valence-corrected chi connectivity index (χ2v) is 5.29. The highest BCUT2D eigenvalue weighted by atomic mass is 79.9. The van der Waals surface area contributed by atoms with Crippen LogP contribution in [0.3, 0.4) is 0 Å². The molecule has 2 N–H and O–H groups in total. The zero-order valence-electron chi connectivity index (χ0n) is 10.7. The third-order valence-electron chi connectivity index (χ3n) is 3.11. The van der Waals surface area contributed by atoms with Gasteiger partial charge in [0, 0.05) is 11.5 Å². The van der Waals surface area contributed by atoms with Crippen molar-refractivity contribution in [2.45, 2.75) is 25.8 Å². The first kappa shape index (κ1) is 13.3. The zero-order chi connectivity index (χ0) is 13.1. The Morgan fingerprint density at radius 2 is 2.11 bits per heavy atom. The van der Waals surface area contributed by atoms with Crippen molar-refractivity contribution < 1.29 is 0 Å². The van der Waals surface area contributed by atoms with E-state index in [0.717, 1.165) is 28.7 Å². The molecule has 3 nitrogen and oxygen atoms in total. The minimum Gasteiger partial charge on any atom is -0.322 e. The first-order valence-corrected chi connectivity index (χ1v) is 6.93. The number of benzene rings is 1. The lowest BCUT2D eigenvalue weighted by molar-refractivity contribution is 0.613. The molecule has 0 bridgehead atoms. The van der Waals surface area contributed by atoms with E-state index in [1.165, 1.54) is 5.56 Å². The van der Waals surface area contributed by atoms with Crippen LogP contribution in [-0.4, -0.2) is 9.78 Å². The van der Waals surface area contributed by atoms with Crippen molar-refractivity contribution in [2.75, 3.05) is 0 Å². The van der Waals surface area contributed by atoms with Crippen LogP contribution < -0.4 is 5.73 Å². The van der Waals surface area contributed by atoms with Gasteiger partial charge in [0.05, 0.1) is 17.4 Å². The maximum absolute atomic E-state index is 6.28. The lowest BCUT2D eigenvalue weighted by Crippen LogP contribution is -2.17. The second-order valence-electron chi connectivity index (χ2n) is 4.44. The summed E-state index contributed by atoms with van der Waals surface area (Å²) in [5, 5.41) is 4.44. The van der Waals surface area contributed by atoms with Gasteiger partial charge in [0.2, 0.25) is 0 Å². The Hall–Kier alpha value is -1.13. The molecule has 0 saturated heterocycles. The quantitative estimate of drug-likeness (QED) is 0.943. The number of hydrogen-bond donors (Lipinski definition) is 1. The average Bonchev–Trinajstić information content (AvgIpc) is 2.73. The van der Waals surface area contributed by atoms with E-state index in [0.29, 0.717) is 0 Å². The van der Waals surface area contributed by atoms with E-state index < -0.39 is 0 Å². The van der Waals surface area contributed by atoms with Crippen LogP contribution in [0.25, 0.3) is 0 Å². The summed E-state index contributed by atoms with van der Waals surface area (Å²) in [6, 6.07) is 10.3. The van der Waals surface area contributed by atoms with Crippen LogP contribution in [0.1, 0.15) is 29.9 Å². The average molecular weight is 308 g/mol. The first-order valence-electron chi connectivity index (χ1n) is 6.13. The molecule has 2 rings (SSSR count). The summed E-state index contributed by atoms with van der Waals surface area (Å²) in [5.74, 6) is 0. The Labute approximate surface area is 116 Å². The van der Waals surface area contributed by atoms with Gasteiger partial charge in [-0.3, -0.25) is 4.68 Å². The Bertz CT molecular complexity index is 534. The van der Waals surface area contributed by atoms with Gasteiger partial charge in [-0.15, -0.1) is 0 Å². The SMILES string of the molecule is CCc1cc(C(N)Cc2ccccc2Br)n(C)n1. The van der Waals surface area contributed by atoms with Gasteiger partial charge >= 0.3 is 0 Å². The molecule has 0 aliphatic heterocycles. The van der Waals surface area contributed by atoms with Crippen molar-refractivity contribution >= 4 is 15.9 Å². The summed E-state index contributed by atoms with van der Waals surface area (Å²) in [6.45, 7) is 2.10. The number of nitrogens with two attached hydrogens (primary N) is 1. The van der Waals surface area contributed by atoms with Gasteiger partial charge in [-0.1, -0.05) is 41.1 Å². The van der Waals surface area contributed by atoms with Gasteiger partial charge in [0.15, 0.2) is 0 Å². The molecule has 0 fully saturated rings. The van der Waals surface area contributed by atoms with E-state index in [2.05, 4.69) is 40.1 Å². The van der Waals surface area contributed by atoms with Gasteiger partial charge < -0.3 is 5.73 Å². The number of rotatable bonds is 4. The highest BCUT2D eigenvalue weighted by molar-refractivity contribution is 9.10. The molecule has 1 aromatic heterocycles. The molecular formula is C14H18BrN3. The highest BCUT2D eigenvalue weighted by Crippen LogP contribution is 2.22. The molecule has 0 aliphatic rings. The van der Waals surface area contributed by atoms with Crippen LogP contribution >= 0.6 is 15.9 Å². The smallest absolute Gasteiger partial charge is 0.0625 e. The van der Waals surface area contributed by atoms with Crippen LogP contribution in [0.15, 0.2) is 34.8 Å². The highest BCUT2D eigenvalue weighted by Gasteiger charge is 2.14. The van der Waals surface area contributed by atoms with Crippen molar-refractivity contribution in [1.82, 2.24) is 9.78 Å². The fourth-order valence-corrected chi connectivity index (χ4v) is 2.52. The number of halogens is 1. The minimum absolute atomic E-state index is 0.0264. The van der Waals surface area contributed by atoms with Gasteiger partial charge in [-0.2, -0.15) is 5.10 Å². The molecule has 1 heterocycles. The van der Waals surface area contributed by atoms with E-state index in [9.17, 15) is 0 Å². The molecule has 1 aromatic carbocycles. The third-order valence-corrected chi connectivity index (χ3v) is 3.88. The van der Waals surface area contributed by atoms with E-state index in [1.54, 1.807) is 0 Å². The predicted molar refractivity (Wildman–Crippen MR) is 77.4 cm³/mol. The molecule has 0 radical (unpaired) electrons. The molecular weight excluding hydrogens is 290 g/mol. The standard InChI is InChI=1S/C14H18BrN3/c1-3-11-9-14(18(2)17-11)13(16)8-10-6-4-5-7-12(10)15/h4-7,9,13H,3,8,16H2,1-2H3. The number of nitrogens with zero attached hydrogens (tertiary/aromatic N) is 2. The number of aromatic nitrogens is 2. The maximum Gasteiger partial charge on any atom is 0.0625 e. The summed E-state index contributed by atoms with van der Waals surface area (Å²) >= 11 is 3.56. The monoisotopic (exact) mass is 307 g/mol. The maximum atomic E-state index is 6.28. The van der Waals surface area contributed by atoms with Crippen LogP contribution in [0.4, 0.5) is 0 Å². The summed E-state index contributed by atoms with van der Waals surface area (Å²) < 4.78 is 3.00. The van der Waals surface area contributed by atoms with Crippen LogP contribution in [0.5, 0.6) is 0 Å². The zero-order valence-corrected chi connectivity index (χ0v) is 12.3. The largest absolute Gasteiger partial charge is 0.322 e. The molecule has 1 atom stereocenters. The van der Waals surface area contributed by atoms with E-state index in [-0.39, 0.29) is 6.04 Å². The fraction of sp³-hybridized carbons (Fsp3) is 0.357. The van der Waals surface area contributed by atoms with E-state index in [4.69, 9.17) is 5.73 Å². The number of aryl methyl sites for hydroxylation is 2. The van der Waals surface area contributed by atoms with Crippen LogP contribution in [0.2, 0.25) is 0 Å². The second kappa shape index (κ2) is 5.67. The van der Waals surface area contributed by atoms with Gasteiger partial charge in [0.25, 0.3) is 0 Å². The Morgan fingerprint density at radius 3 is 2.72 bits per heavy atom.